The summed E-state index contributed by atoms with van der Waals surface area (Å²) >= 11 is 0. The van der Waals surface area contributed by atoms with Gasteiger partial charge in [0.1, 0.15) is 18.0 Å². The Hall–Kier alpha value is -3.17. The lowest BCUT2D eigenvalue weighted by Crippen LogP contribution is -2.16. The second-order valence-corrected chi connectivity index (χ2v) is 4.76. The summed E-state index contributed by atoms with van der Waals surface area (Å²) in [5.41, 5.74) is 1.32. The number of carboxylic acids is 1. The first kappa shape index (κ1) is 15.7. The molecule has 10 heteroatoms. The van der Waals surface area contributed by atoms with E-state index in [0.717, 1.165) is 0 Å². The number of halogens is 3. The molecule has 24 heavy (non-hydrogen) atoms. The van der Waals surface area contributed by atoms with Crippen molar-refractivity contribution in [3.8, 4) is 17.0 Å². The van der Waals surface area contributed by atoms with Gasteiger partial charge >= 0.3 is 12.3 Å². The molecule has 2 aromatic heterocycles. The Morgan fingerprint density at radius 3 is 2.54 bits per heavy atom. The molecule has 0 aliphatic heterocycles. The molecule has 3 aromatic rings. The van der Waals surface area contributed by atoms with Crippen LogP contribution in [0.1, 0.15) is 5.82 Å². The highest BCUT2D eigenvalue weighted by molar-refractivity contribution is 5.69. The van der Waals surface area contributed by atoms with Crippen LogP contribution in [0.2, 0.25) is 0 Å². The summed E-state index contributed by atoms with van der Waals surface area (Å²) in [5.74, 6) is -1.18. The first-order chi connectivity index (χ1) is 11.3. The molecule has 0 saturated heterocycles. The number of fused-ring (bicyclic) bond motifs is 1. The van der Waals surface area contributed by atoms with Crippen LogP contribution < -0.4 is 4.74 Å². The fraction of sp³-hybridized carbons (Fsp3) is 0.143. The van der Waals surface area contributed by atoms with E-state index in [2.05, 4.69) is 19.9 Å². The van der Waals surface area contributed by atoms with Crippen molar-refractivity contribution in [1.82, 2.24) is 19.6 Å². The van der Waals surface area contributed by atoms with Gasteiger partial charge in [-0.3, -0.25) is 14.2 Å². The van der Waals surface area contributed by atoms with Crippen molar-refractivity contribution in [1.29, 1.82) is 0 Å². The molecule has 124 valence electrons. The summed E-state index contributed by atoms with van der Waals surface area (Å²) in [6, 6.07) is 5.16. The maximum absolute atomic E-state index is 12.2. The van der Waals surface area contributed by atoms with Gasteiger partial charge in [0.15, 0.2) is 5.65 Å². The molecular weight excluding hydrogens is 329 g/mol. The number of nitrogens with zero attached hydrogens (tertiary/aromatic N) is 4. The maximum Gasteiger partial charge on any atom is 0.573 e. The first-order valence-electron chi connectivity index (χ1n) is 6.59. The molecule has 0 spiro atoms. The van der Waals surface area contributed by atoms with Gasteiger partial charge in [0.25, 0.3) is 0 Å². The van der Waals surface area contributed by atoms with Crippen molar-refractivity contribution >= 4 is 11.6 Å². The van der Waals surface area contributed by atoms with E-state index in [-0.39, 0.29) is 18.0 Å². The van der Waals surface area contributed by atoms with Gasteiger partial charge in [-0.05, 0) is 24.3 Å². The number of aromatic nitrogens is 4. The van der Waals surface area contributed by atoms with E-state index in [9.17, 15) is 18.0 Å². The van der Waals surface area contributed by atoms with Crippen LogP contribution in [0.3, 0.4) is 0 Å². The Bertz CT molecular complexity index is 890. The van der Waals surface area contributed by atoms with Crippen LogP contribution in [-0.4, -0.2) is 37.0 Å². The van der Waals surface area contributed by atoms with Crippen LogP contribution in [0.5, 0.6) is 5.75 Å². The molecule has 1 N–H and O–H groups in total. The van der Waals surface area contributed by atoms with Crippen LogP contribution in [0.25, 0.3) is 16.9 Å². The number of aliphatic carboxylic acids is 1. The summed E-state index contributed by atoms with van der Waals surface area (Å²) in [7, 11) is 0. The third kappa shape index (κ3) is 3.42. The normalized spacial score (nSPS) is 11.6. The Labute approximate surface area is 132 Å². The number of ether oxygens (including phenoxy) is 1. The Morgan fingerprint density at radius 2 is 1.92 bits per heavy atom. The lowest BCUT2D eigenvalue weighted by Gasteiger charge is -2.09. The third-order valence-corrected chi connectivity index (χ3v) is 3.06. The van der Waals surface area contributed by atoms with Crippen LogP contribution in [0.4, 0.5) is 13.2 Å². The predicted octanol–water partition coefficient (Wildman–Crippen LogP) is 2.32. The van der Waals surface area contributed by atoms with Crippen molar-refractivity contribution in [3.05, 3.63) is 42.5 Å². The Kier molecular flexibility index (Phi) is 3.80. The highest BCUT2D eigenvalue weighted by Crippen LogP contribution is 2.25. The summed E-state index contributed by atoms with van der Waals surface area (Å²) < 4.78 is 41.7. The number of alkyl halides is 3. The summed E-state index contributed by atoms with van der Waals surface area (Å²) in [5, 5.41) is 16.4. The largest absolute Gasteiger partial charge is 0.573 e. The molecule has 0 radical (unpaired) electrons. The molecule has 3 rings (SSSR count). The standard InChI is InChI=1S/C14H9F3N4O3/c15-14(16,17)24-9-3-1-8(2-4-9)10-7-21-11(5-13(22)23)19-20-12(21)6-18-10/h1-4,6-7H,5H2,(H,22,23). The van der Waals surface area contributed by atoms with E-state index in [4.69, 9.17) is 5.11 Å². The zero-order chi connectivity index (χ0) is 17.3. The molecule has 7 nitrogen and oxygen atoms in total. The van der Waals surface area contributed by atoms with Crippen LogP contribution in [0.15, 0.2) is 36.7 Å². The maximum atomic E-state index is 12.2. The molecule has 0 fully saturated rings. The van der Waals surface area contributed by atoms with Gasteiger partial charge in [0, 0.05) is 11.8 Å². The lowest BCUT2D eigenvalue weighted by atomic mass is 10.1. The molecule has 0 aliphatic rings. The van der Waals surface area contributed by atoms with E-state index < -0.39 is 12.3 Å². The average Bonchev–Trinajstić information content (AvgIpc) is 2.88. The van der Waals surface area contributed by atoms with E-state index in [1.165, 1.54) is 41.1 Å². The monoisotopic (exact) mass is 338 g/mol. The molecule has 0 aliphatic carbocycles. The van der Waals surface area contributed by atoms with Gasteiger partial charge in [0.05, 0.1) is 11.9 Å². The summed E-state index contributed by atoms with van der Waals surface area (Å²) in [6.07, 6.45) is -2.16. The summed E-state index contributed by atoms with van der Waals surface area (Å²) in [4.78, 5) is 15.0. The van der Waals surface area contributed by atoms with Crippen molar-refractivity contribution in [2.45, 2.75) is 12.8 Å². The minimum Gasteiger partial charge on any atom is -0.481 e. The molecule has 0 atom stereocenters. The third-order valence-electron chi connectivity index (χ3n) is 3.06. The van der Waals surface area contributed by atoms with Gasteiger partial charge in [-0.25, -0.2) is 0 Å². The molecule has 1 aromatic carbocycles. The van der Waals surface area contributed by atoms with E-state index in [0.29, 0.717) is 16.9 Å². The van der Waals surface area contributed by atoms with Crippen LogP contribution in [0, 0.1) is 0 Å². The van der Waals surface area contributed by atoms with Crippen molar-refractivity contribution in [2.24, 2.45) is 0 Å². The number of carbonyl (C=O) groups is 1. The number of hydrogen-bond donors (Lipinski definition) is 1. The van der Waals surface area contributed by atoms with E-state index in [1.807, 2.05) is 0 Å². The zero-order valence-electron chi connectivity index (χ0n) is 11.9. The van der Waals surface area contributed by atoms with Crippen LogP contribution >= 0.6 is 0 Å². The molecule has 0 saturated carbocycles. The Morgan fingerprint density at radius 1 is 1.21 bits per heavy atom. The minimum atomic E-state index is -4.76. The number of carboxylic acid groups (broad SMARTS) is 1. The van der Waals surface area contributed by atoms with Crippen molar-refractivity contribution in [2.75, 3.05) is 0 Å². The second kappa shape index (κ2) is 5.80. The minimum absolute atomic E-state index is 0.221. The second-order valence-electron chi connectivity index (χ2n) is 4.76. The summed E-state index contributed by atoms with van der Waals surface area (Å²) in [6.45, 7) is 0. The van der Waals surface area contributed by atoms with Gasteiger partial charge in [0.2, 0.25) is 0 Å². The highest BCUT2D eigenvalue weighted by atomic mass is 19.4. The number of rotatable bonds is 4. The quantitative estimate of drug-likeness (QED) is 0.785. The van der Waals surface area contributed by atoms with Gasteiger partial charge in [-0.15, -0.1) is 23.4 Å². The van der Waals surface area contributed by atoms with Gasteiger partial charge < -0.3 is 9.84 Å². The average molecular weight is 338 g/mol. The fourth-order valence-corrected chi connectivity index (χ4v) is 2.08. The van der Waals surface area contributed by atoms with E-state index >= 15 is 0 Å². The van der Waals surface area contributed by atoms with Gasteiger partial charge in [-0.2, -0.15) is 0 Å². The molecular formula is C14H9F3N4O3. The smallest absolute Gasteiger partial charge is 0.481 e. The zero-order valence-corrected chi connectivity index (χ0v) is 11.9. The molecule has 2 heterocycles. The lowest BCUT2D eigenvalue weighted by molar-refractivity contribution is -0.274. The molecule has 0 bridgehead atoms. The SMILES string of the molecule is O=C(O)Cc1nnc2cnc(-c3ccc(OC(F)(F)F)cc3)cn12. The van der Waals surface area contributed by atoms with Crippen LogP contribution in [-0.2, 0) is 11.2 Å². The topological polar surface area (TPSA) is 89.6 Å². The number of benzene rings is 1. The predicted molar refractivity (Wildman–Crippen MR) is 74.2 cm³/mol. The Balaban J connectivity index is 1.92. The van der Waals surface area contributed by atoms with Crippen molar-refractivity contribution < 1.29 is 27.8 Å². The van der Waals surface area contributed by atoms with E-state index in [1.54, 1.807) is 0 Å². The highest BCUT2D eigenvalue weighted by Gasteiger charge is 2.30. The van der Waals surface area contributed by atoms with Crippen molar-refractivity contribution in [3.63, 3.8) is 0 Å². The fourth-order valence-electron chi connectivity index (χ4n) is 2.08. The molecule has 0 amide bonds. The molecule has 0 unspecified atom stereocenters. The number of hydrogen-bond acceptors (Lipinski definition) is 5. The van der Waals surface area contributed by atoms with Gasteiger partial charge in [-0.1, -0.05) is 0 Å². The first-order valence-corrected chi connectivity index (χ1v) is 6.59.